The van der Waals surface area contributed by atoms with E-state index in [2.05, 4.69) is 10.3 Å². The molecule has 8 heteroatoms. The van der Waals surface area contributed by atoms with E-state index in [0.717, 1.165) is 16.9 Å². The summed E-state index contributed by atoms with van der Waals surface area (Å²) in [5.74, 6) is -1.45. The highest BCUT2D eigenvalue weighted by Crippen LogP contribution is 2.27. The lowest BCUT2D eigenvalue weighted by atomic mass is 10.2. The zero-order valence-electron chi connectivity index (χ0n) is 14.4. The van der Waals surface area contributed by atoms with E-state index in [4.69, 9.17) is 0 Å². The highest BCUT2D eigenvalue weighted by Gasteiger charge is 2.22. The molecule has 0 fully saturated rings. The van der Waals surface area contributed by atoms with Crippen molar-refractivity contribution in [1.29, 1.82) is 0 Å². The standard InChI is InChI=1S/C18H17N3O4S/c1-9-6-4-5-7-12(9)20-15(22)11(3)21-8-19-16-13(17(21)23)10(2)14(26-16)18(24)25/h4-8,11H,1-3H3,(H,20,22)(H,24,25). The number of para-hydroxylation sites is 1. The number of aromatic carboxylic acids is 1. The van der Waals surface area contributed by atoms with Crippen LogP contribution in [0.5, 0.6) is 0 Å². The van der Waals surface area contributed by atoms with Gasteiger partial charge in [-0.25, -0.2) is 9.78 Å². The number of hydrogen-bond acceptors (Lipinski definition) is 5. The molecular weight excluding hydrogens is 354 g/mol. The summed E-state index contributed by atoms with van der Waals surface area (Å²) in [5, 5.41) is 12.3. The second-order valence-corrected chi connectivity index (χ2v) is 6.98. The highest BCUT2D eigenvalue weighted by atomic mass is 32.1. The molecule has 2 aromatic heterocycles. The number of rotatable bonds is 4. The molecule has 1 amide bonds. The van der Waals surface area contributed by atoms with E-state index in [1.807, 2.05) is 25.1 Å². The summed E-state index contributed by atoms with van der Waals surface area (Å²) in [6.45, 7) is 5.05. The number of nitrogens with zero attached hydrogens (tertiary/aromatic N) is 2. The minimum absolute atomic E-state index is 0.0827. The molecule has 1 unspecified atom stereocenters. The van der Waals surface area contributed by atoms with Crippen molar-refractivity contribution in [3.63, 3.8) is 0 Å². The minimum atomic E-state index is -1.10. The number of hydrogen-bond donors (Lipinski definition) is 2. The lowest BCUT2D eigenvalue weighted by molar-refractivity contribution is -0.118. The smallest absolute Gasteiger partial charge is 0.346 e. The topological polar surface area (TPSA) is 101 Å². The van der Waals surface area contributed by atoms with Crippen LogP contribution in [-0.2, 0) is 4.79 Å². The van der Waals surface area contributed by atoms with Gasteiger partial charge in [0.25, 0.3) is 5.56 Å². The number of benzene rings is 1. The molecule has 0 aliphatic heterocycles. The van der Waals surface area contributed by atoms with Crippen LogP contribution in [0.15, 0.2) is 35.4 Å². The van der Waals surface area contributed by atoms with Gasteiger partial charge in [0.15, 0.2) is 0 Å². The summed E-state index contributed by atoms with van der Waals surface area (Å²) < 4.78 is 1.22. The second-order valence-electron chi connectivity index (χ2n) is 5.98. The molecule has 2 N–H and O–H groups in total. The molecule has 0 bridgehead atoms. The van der Waals surface area contributed by atoms with Gasteiger partial charge in [-0.05, 0) is 38.0 Å². The maximum absolute atomic E-state index is 12.8. The van der Waals surface area contributed by atoms with Gasteiger partial charge in [0.05, 0.1) is 11.7 Å². The van der Waals surface area contributed by atoms with Crippen molar-refractivity contribution in [1.82, 2.24) is 9.55 Å². The van der Waals surface area contributed by atoms with Gasteiger partial charge in [-0.3, -0.25) is 14.2 Å². The number of carbonyl (C=O) groups excluding carboxylic acids is 1. The maximum Gasteiger partial charge on any atom is 0.346 e. The fourth-order valence-corrected chi connectivity index (χ4v) is 3.67. The van der Waals surface area contributed by atoms with Crippen LogP contribution in [-0.4, -0.2) is 26.5 Å². The van der Waals surface area contributed by atoms with Gasteiger partial charge < -0.3 is 10.4 Å². The molecule has 0 saturated carbocycles. The zero-order valence-corrected chi connectivity index (χ0v) is 15.3. The third-order valence-electron chi connectivity index (χ3n) is 4.27. The summed E-state index contributed by atoms with van der Waals surface area (Å²) >= 11 is 0.955. The summed E-state index contributed by atoms with van der Waals surface area (Å²) in [4.78, 5) is 41.3. The summed E-state index contributed by atoms with van der Waals surface area (Å²) in [6.07, 6.45) is 1.29. The van der Waals surface area contributed by atoms with E-state index >= 15 is 0 Å². The number of anilines is 1. The molecule has 1 aromatic carbocycles. The van der Waals surface area contributed by atoms with Crippen molar-refractivity contribution in [2.75, 3.05) is 5.32 Å². The molecule has 0 spiro atoms. The predicted octanol–water partition coefficient (Wildman–Crippen LogP) is 2.97. The van der Waals surface area contributed by atoms with Crippen molar-refractivity contribution < 1.29 is 14.7 Å². The lowest BCUT2D eigenvalue weighted by Gasteiger charge is -2.16. The fraction of sp³-hybridized carbons (Fsp3) is 0.222. The van der Waals surface area contributed by atoms with Gasteiger partial charge in [-0.15, -0.1) is 11.3 Å². The van der Waals surface area contributed by atoms with Gasteiger partial charge in [0.2, 0.25) is 5.91 Å². The molecule has 134 valence electrons. The maximum atomic E-state index is 12.8. The predicted molar refractivity (Wildman–Crippen MR) is 100 cm³/mol. The molecule has 3 rings (SSSR count). The van der Waals surface area contributed by atoms with E-state index in [1.54, 1.807) is 19.9 Å². The Kier molecular flexibility index (Phi) is 4.60. The first-order chi connectivity index (χ1) is 12.3. The van der Waals surface area contributed by atoms with Gasteiger partial charge >= 0.3 is 5.97 Å². The number of carboxylic acid groups (broad SMARTS) is 1. The summed E-state index contributed by atoms with van der Waals surface area (Å²) in [5.41, 5.74) is 1.53. The number of thiophene rings is 1. The molecule has 0 aliphatic carbocycles. The van der Waals surface area contributed by atoms with Crippen LogP contribution >= 0.6 is 11.3 Å². The van der Waals surface area contributed by atoms with Crippen LogP contribution in [0.2, 0.25) is 0 Å². The second kappa shape index (κ2) is 6.72. The molecule has 0 aliphatic rings. The van der Waals surface area contributed by atoms with Crippen molar-refractivity contribution >= 4 is 39.1 Å². The molecule has 2 heterocycles. The molecular formula is C18H17N3O4S. The van der Waals surface area contributed by atoms with Crippen LogP contribution < -0.4 is 10.9 Å². The van der Waals surface area contributed by atoms with E-state index in [9.17, 15) is 19.5 Å². The minimum Gasteiger partial charge on any atom is -0.477 e. The molecule has 26 heavy (non-hydrogen) atoms. The Hall–Kier alpha value is -3.00. The van der Waals surface area contributed by atoms with Crippen LogP contribution in [0, 0.1) is 13.8 Å². The van der Waals surface area contributed by atoms with Crippen molar-refractivity contribution in [2.24, 2.45) is 0 Å². The molecule has 3 aromatic rings. The van der Waals surface area contributed by atoms with Crippen LogP contribution in [0.3, 0.4) is 0 Å². The normalized spacial score (nSPS) is 12.1. The van der Waals surface area contributed by atoms with Crippen LogP contribution in [0.1, 0.15) is 33.8 Å². The highest BCUT2D eigenvalue weighted by molar-refractivity contribution is 7.20. The van der Waals surface area contributed by atoms with Gasteiger partial charge in [0.1, 0.15) is 15.7 Å². The van der Waals surface area contributed by atoms with E-state index in [1.165, 1.54) is 10.9 Å². The number of nitrogens with one attached hydrogen (secondary N) is 1. The quantitative estimate of drug-likeness (QED) is 0.734. The number of aryl methyl sites for hydroxylation is 2. The van der Waals surface area contributed by atoms with Gasteiger partial charge in [-0.2, -0.15) is 0 Å². The summed E-state index contributed by atoms with van der Waals surface area (Å²) in [6, 6.07) is 6.55. The number of aromatic nitrogens is 2. The molecule has 0 saturated heterocycles. The average molecular weight is 371 g/mol. The number of amides is 1. The van der Waals surface area contributed by atoms with Gasteiger partial charge in [0, 0.05) is 5.69 Å². The first-order valence-electron chi connectivity index (χ1n) is 7.91. The van der Waals surface area contributed by atoms with Crippen molar-refractivity contribution in [2.45, 2.75) is 26.8 Å². The number of carbonyl (C=O) groups is 2. The molecule has 7 nitrogen and oxygen atoms in total. The first-order valence-corrected chi connectivity index (χ1v) is 8.73. The Labute approximate surface area is 152 Å². The third kappa shape index (κ3) is 2.99. The monoisotopic (exact) mass is 371 g/mol. The molecule has 0 radical (unpaired) electrons. The Morgan fingerprint density at radius 3 is 2.62 bits per heavy atom. The van der Waals surface area contributed by atoms with Gasteiger partial charge in [-0.1, -0.05) is 18.2 Å². The number of carboxylic acids is 1. The Morgan fingerprint density at radius 1 is 1.27 bits per heavy atom. The van der Waals surface area contributed by atoms with Crippen LogP contribution in [0.25, 0.3) is 10.2 Å². The fourth-order valence-electron chi connectivity index (χ4n) is 2.69. The molecule has 1 atom stereocenters. The van der Waals surface area contributed by atoms with E-state index in [0.29, 0.717) is 16.1 Å². The van der Waals surface area contributed by atoms with E-state index < -0.39 is 17.6 Å². The Morgan fingerprint density at radius 2 is 1.96 bits per heavy atom. The average Bonchev–Trinajstić information content (AvgIpc) is 2.94. The Bertz CT molecular complexity index is 1080. The zero-order chi connectivity index (χ0) is 19.0. The third-order valence-corrected chi connectivity index (χ3v) is 5.46. The van der Waals surface area contributed by atoms with Crippen molar-refractivity contribution in [3.8, 4) is 0 Å². The van der Waals surface area contributed by atoms with E-state index in [-0.39, 0.29) is 16.2 Å². The van der Waals surface area contributed by atoms with Crippen LogP contribution in [0.4, 0.5) is 5.69 Å². The van der Waals surface area contributed by atoms with Crippen molar-refractivity contribution in [3.05, 3.63) is 57.0 Å². The number of fused-ring (bicyclic) bond motifs is 1. The first kappa shape index (κ1) is 17.8. The summed E-state index contributed by atoms with van der Waals surface area (Å²) in [7, 11) is 0. The largest absolute Gasteiger partial charge is 0.477 e. The SMILES string of the molecule is Cc1ccccc1NC(=O)C(C)n1cnc2sc(C(=O)O)c(C)c2c1=O. The Balaban J connectivity index is 1.99. The lowest BCUT2D eigenvalue weighted by Crippen LogP contribution is -2.32.